The normalized spacial score (nSPS) is 21.1. The lowest BCUT2D eigenvalue weighted by molar-refractivity contribution is -0.150. The van der Waals surface area contributed by atoms with E-state index in [1.54, 1.807) is 30.3 Å². The molecular formula is C35H52N10O9. The van der Waals surface area contributed by atoms with Gasteiger partial charge in [-0.15, -0.1) is 0 Å². The third-order valence-electron chi connectivity index (χ3n) is 9.92. The summed E-state index contributed by atoms with van der Waals surface area (Å²) in [5.74, 6) is -4.83. The molecule has 4 rings (SSSR count). The molecule has 11 N–H and O–H groups in total. The monoisotopic (exact) mass is 756 g/mol. The Morgan fingerprint density at radius 1 is 0.815 bits per heavy atom. The van der Waals surface area contributed by atoms with Crippen LogP contribution in [0.1, 0.15) is 56.9 Å². The number of likely N-dealkylation sites (tertiary alicyclic amines) is 3. The van der Waals surface area contributed by atoms with Gasteiger partial charge in [-0.05, 0) is 56.9 Å². The number of nitrogens with two attached hydrogens (primary N) is 3. The average molecular weight is 757 g/mol. The second-order valence-corrected chi connectivity index (χ2v) is 13.7. The number of carboxylic acid groups (broad SMARTS) is 1. The van der Waals surface area contributed by atoms with Crippen LogP contribution in [0.4, 0.5) is 0 Å². The minimum atomic E-state index is -1.45. The van der Waals surface area contributed by atoms with Crippen molar-refractivity contribution >= 4 is 47.4 Å². The summed E-state index contributed by atoms with van der Waals surface area (Å²) in [6.45, 7) is -0.212. The van der Waals surface area contributed by atoms with Crippen molar-refractivity contribution in [1.29, 1.82) is 0 Å². The van der Waals surface area contributed by atoms with Crippen molar-refractivity contribution in [2.45, 2.75) is 94.0 Å². The second-order valence-electron chi connectivity index (χ2n) is 13.7. The summed E-state index contributed by atoms with van der Waals surface area (Å²) in [5, 5.41) is 27.1. The van der Waals surface area contributed by atoms with E-state index in [9.17, 15) is 43.8 Å². The van der Waals surface area contributed by atoms with Gasteiger partial charge in [0.15, 0.2) is 5.96 Å². The molecule has 6 atom stereocenters. The first-order valence-electron chi connectivity index (χ1n) is 18.3. The molecule has 296 valence electrons. The van der Waals surface area contributed by atoms with Gasteiger partial charge in [-0.3, -0.25) is 33.8 Å². The molecule has 3 aliphatic rings. The maximum absolute atomic E-state index is 13.7. The van der Waals surface area contributed by atoms with Gasteiger partial charge in [0.25, 0.3) is 0 Å². The Morgan fingerprint density at radius 3 is 2.06 bits per heavy atom. The molecule has 1 aromatic carbocycles. The van der Waals surface area contributed by atoms with Gasteiger partial charge in [-0.2, -0.15) is 0 Å². The summed E-state index contributed by atoms with van der Waals surface area (Å²) in [6.07, 6.45) is 3.41. The van der Waals surface area contributed by atoms with E-state index in [0.29, 0.717) is 70.1 Å². The van der Waals surface area contributed by atoms with Crippen molar-refractivity contribution in [3.05, 3.63) is 35.9 Å². The largest absolute Gasteiger partial charge is 0.480 e. The zero-order valence-electron chi connectivity index (χ0n) is 30.2. The molecule has 3 heterocycles. The van der Waals surface area contributed by atoms with Crippen molar-refractivity contribution in [1.82, 2.24) is 30.7 Å². The number of benzene rings is 1. The van der Waals surface area contributed by atoms with Gasteiger partial charge in [-0.1, -0.05) is 30.3 Å². The molecule has 3 saturated heterocycles. The van der Waals surface area contributed by atoms with E-state index in [4.69, 9.17) is 17.2 Å². The van der Waals surface area contributed by atoms with Crippen molar-refractivity contribution in [2.75, 3.05) is 39.3 Å². The van der Waals surface area contributed by atoms with Crippen LogP contribution < -0.4 is 33.2 Å². The van der Waals surface area contributed by atoms with E-state index in [1.165, 1.54) is 9.80 Å². The Bertz CT molecular complexity index is 1560. The Morgan fingerprint density at radius 2 is 1.43 bits per heavy atom. The Kier molecular flexibility index (Phi) is 15.1. The van der Waals surface area contributed by atoms with Crippen molar-refractivity contribution in [3.63, 3.8) is 0 Å². The van der Waals surface area contributed by atoms with Crippen LogP contribution in [0.15, 0.2) is 35.3 Å². The smallest absolute Gasteiger partial charge is 0.326 e. The summed E-state index contributed by atoms with van der Waals surface area (Å²) in [5.41, 5.74) is 17.5. The molecule has 19 nitrogen and oxygen atoms in total. The molecule has 3 aliphatic heterocycles. The van der Waals surface area contributed by atoms with E-state index >= 15 is 0 Å². The second kappa shape index (κ2) is 19.7. The van der Waals surface area contributed by atoms with E-state index in [2.05, 4.69) is 20.9 Å². The summed E-state index contributed by atoms with van der Waals surface area (Å²) in [4.78, 5) is 99.6. The van der Waals surface area contributed by atoms with Crippen molar-refractivity contribution in [3.8, 4) is 0 Å². The number of aliphatic imine (C=N–C) groups is 1. The highest BCUT2D eigenvalue weighted by molar-refractivity contribution is 5.96. The number of amides is 6. The molecule has 1 aromatic rings. The van der Waals surface area contributed by atoms with Gasteiger partial charge < -0.3 is 58.1 Å². The molecule has 0 aliphatic carbocycles. The minimum Gasteiger partial charge on any atom is -0.480 e. The molecule has 3 fully saturated rings. The summed E-state index contributed by atoms with van der Waals surface area (Å²) < 4.78 is 0. The van der Waals surface area contributed by atoms with Crippen molar-refractivity contribution in [2.24, 2.45) is 22.2 Å². The fraction of sp³-hybridized carbons (Fsp3) is 0.600. The first-order chi connectivity index (χ1) is 25.8. The van der Waals surface area contributed by atoms with E-state index in [1.807, 2.05) is 0 Å². The number of hydrogen-bond donors (Lipinski definition) is 8. The SMILES string of the molecule is NC(N)=NCCC[C@H](N)C(=O)N1CCC[C@@H]1C(=O)N1CCC[C@@H]1C(=O)NCC(=O)N[C@H](Cc1ccccc1)C(=O)N[C@@H](CO)C(=O)N1CCC[C@H]1C(=O)O. The molecular weight excluding hydrogens is 704 g/mol. The van der Waals surface area contributed by atoms with E-state index in [-0.39, 0.29) is 37.2 Å². The molecule has 6 amide bonds. The quantitative estimate of drug-likeness (QED) is 0.0442. The Labute approximate surface area is 313 Å². The lowest BCUT2D eigenvalue weighted by atomic mass is 10.0. The lowest BCUT2D eigenvalue weighted by Gasteiger charge is -2.32. The third-order valence-corrected chi connectivity index (χ3v) is 9.92. The number of aliphatic hydroxyl groups excluding tert-OH is 1. The number of aliphatic carboxylic acids is 1. The predicted molar refractivity (Wildman–Crippen MR) is 194 cm³/mol. The van der Waals surface area contributed by atoms with Gasteiger partial charge in [0.2, 0.25) is 35.4 Å². The Hall–Kier alpha value is -5.30. The third kappa shape index (κ3) is 10.9. The van der Waals surface area contributed by atoms with Crippen LogP contribution in [0.3, 0.4) is 0 Å². The number of carboxylic acids is 1. The first kappa shape index (κ1) is 41.5. The van der Waals surface area contributed by atoms with Crippen molar-refractivity contribution < 1.29 is 43.8 Å². The standard InChI is InChI=1S/C35H52N10O9/c36-22(10-4-14-39-35(37)38)31(50)44-16-6-12-26(44)33(52)43-15-5-11-25(43)30(49)40-19-28(47)41-23(18-21-8-2-1-3-9-21)29(48)42-24(20-46)32(51)45-17-7-13-27(45)34(53)54/h1-3,8-9,22-27,46H,4-7,10-20,36H2,(H,40,49)(H,41,47)(H,42,48)(H,53,54)(H4,37,38,39)/t22-,23+,24-,25+,26+,27-/m0/s1. The highest BCUT2D eigenvalue weighted by atomic mass is 16.4. The fourth-order valence-corrected chi connectivity index (χ4v) is 7.17. The zero-order valence-corrected chi connectivity index (χ0v) is 30.2. The van der Waals surface area contributed by atoms with Crippen LogP contribution in [0, 0.1) is 0 Å². The number of nitrogens with zero attached hydrogens (tertiary/aromatic N) is 4. The summed E-state index contributed by atoms with van der Waals surface area (Å²) >= 11 is 0. The molecule has 19 heteroatoms. The number of guanidine groups is 1. The van der Waals surface area contributed by atoms with E-state index in [0.717, 1.165) is 4.90 Å². The minimum absolute atomic E-state index is 0.00159. The molecule has 0 bridgehead atoms. The maximum atomic E-state index is 13.7. The van der Waals surface area contributed by atoms with Gasteiger partial charge >= 0.3 is 5.97 Å². The number of carbonyl (C=O) groups excluding carboxylic acids is 6. The fourth-order valence-electron chi connectivity index (χ4n) is 7.17. The molecule has 0 spiro atoms. The molecule has 0 saturated carbocycles. The average Bonchev–Trinajstić information content (AvgIpc) is 3.95. The van der Waals surface area contributed by atoms with Crippen LogP contribution in [-0.2, 0) is 40.0 Å². The number of nitrogens with one attached hydrogen (secondary N) is 3. The van der Waals surface area contributed by atoms with Gasteiger partial charge in [0.1, 0.15) is 30.2 Å². The van der Waals surface area contributed by atoms with Crippen LogP contribution in [0.2, 0.25) is 0 Å². The van der Waals surface area contributed by atoms with E-state index < -0.39 is 79.0 Å². The lowest BCUT2D eigenvalue weighted by Crippen LogP contribution is -2.58. The van der Waals surface area contributed by atoms with Crippen LogP contribution in [-0.4, -0.2) is 148 Å². The van der Waals surface area contributed by atoms with Gasteiger partial charge in [0.05, 0.1) is 19.2 Å². The maximum Gasteiger partial charge on any atom is 0.326 e. The predicted octanol–water partition coefficient (Wildman–Crippen LogP) is -3.25. The molecule has 54 heavy (non-hydrogen) atoms. The van der Waals surface area contributed by atoms with Gasteiger partial charge in [-0.25, -0.2) is 4.79 Å². The Balaban J connectivity index is 1.35. The summed E-state index contributed by atoms with van der Waals surface area (Å²) in [7, 11) is 0. The summed E-state index contributed by atoms with van der Waals surface area (Å²) in [6, 6.07) is 2.47. The topological polar surface area (TPSA) is 296 Å². The van der Waals surface area contributed by atoms with Crippen LogP contribution in [0.25, 0.3) is 0 Å². The zero-order chi connectivity index (χ0) is 39.4. The molecule has 0 aromatic heterocycles. The number of rotatable bonds is 17. The highest BCUT2D eigenvalue weighted by Crippen LogP contribution is 2.26. The highest BCUT2D eigenvalue weighted by Gasteiger charge is 2.43. The van der Waals surface area contributed by atoms with Crippen LogP contribution >= 0.6 is 0 Å². The molecule has 0 unspecified atom stereocenters. The first-order valence-corrected chi connectivity index (χ1v) is 18.3. The number of hydrogen-bond acceptors (Lipinski definition) is 10. The van der Waals surface area contributed by atoms with Gasteiger partial charge in [0, 0.05) is 32.6 Å². The van der Waals surface area contributed by atoms with Crippen LogP contribution in [0.5, 0.6) is 0 Å². The molecule has 0 radical (unpaired) electrons. The number of carbonyl (C=O) groups is 7. The number of aliphatic hydroxyl groups is 1.